The normalized spacial score (nSPS) is 10.7. The number of nitro groups is 1. The van der Waals surface area contributed by atoms with Crippen molar-refractivity contribution in [3.05, 3.63) is 61.7 Å². The summed E-state index contributed by atoms with van der Waals surface area (Å²) in [5, 5.41) is 11.0. The highest BCUT2D eigenvalue weighted by atomic mass is 127. The number of para-hydroxylation sites is 2. The van der Waals surface area contributed by atoms with E-state index >= 15 is 0 Å². The second-order valence-corrected chi connectivity index (χ2v) is 6.06. The fourth-order valence-electron chi connectivity index (χ4n) is 1.92. The van der Waals surface area contributed by atoms with Gasteiger partial charge in [0.25, 0.3) is 0 Å². The van der Waals surface area contributed by atoms with Crippen LogP contribution >= 0.6 is 22.6 Å². The highest BCUT2D eigenvalue weighted by Gasteiger charge is 2.16. The molecule has 21 heavy (non-hydrogen) atoms. The number of ether oxygens (including phenoxy) is 1. The van der Waals surface area contributed by atoms with Crippen LogP contribution in [0.4, 0.5) is 5.69 Å². The van der Waals surface area contributed by atoms with E-state index in [0.29, 0.717) is 12.3 Å². The minimum atomic E-state index is -0.437. The zero-order valence-electron chi connectivity index (χ0n) is 11.7. The van der Waals surface area contributed by atoms with Gasteiger partial charge >= 0.3 is 5.69 Å². The Balaban J connectivity index is 2.38. The summed E-state index contributed by atoms with van der Waals surface area (Å²) in [6, 6.07) is 12.2. The van der Waals surface area contributed by atoms with E-state index in [1.165, 1.54) is 6.07 Å². The van der Waals surface area contributed by atoms with Crippen LogP contribution in [0.5, 0.6) is 11.5 Å². The van der Waals surface area contributed by atoms with E-state index < -0.39 is 4.92 Å². The van der Waals surface area contributed by atoms with Gasteiger partial charge in [-0.05, 0) is 61.0 Å². The molecule has 0 amide bonds. The van der Waals surface area contributed by atoms with Gasteiger partial charge in [-0.2, -0.15) is 0 Å². The molecule has 0 heterocycles. The first-order valence-corrected chi connectivity index (χ1v) is 7.39. The van der Waals surface area contributed by atoms with Gasteiger partial charge in [-0.15, -0.1) is 0 Å². The van der Waals surface area contributed by atoms with Crippen LogP contribution in [0.15, 0.2) is 42.5 Å². The summed E-state index contributed by atoms with van der Waals surface area (Å²) >= 11 is 2.23. The second-order valence-electron chi connectivity index (χ2n) is 4.82. The summed E-state index contributed by atoms with van der Waals surface area (Å²) in [5.41, 5.74) is 0.955. The quantitative estimate of drug-likeness (QED) is 0.433. The molecule has 2 aromatic rings. The first-order chi connectivity index (χ1) is 9.97. The van der Waals surface area contributed by atoms with Gasteiger partial charge in [0.2, 0.25) is 5.75 Å². The Morgan fingerprint density at radius 2 is 1.90 bits per heavy atom. The van der Waals surface area contributed by atoms with E-state index in [9.17, 15) is 10.1 Å². The summed E-state index contributed by atoms with van der Waals surface area (Å²) in [6.07, 6.45) is 0. The van der Waals surface area contributed by atoms with Crippen molar-refractivity contribution >= 4 is 28.3 Å². The Morgan fingerprint density at radius 1 is 1.19 bits per heavy atom. The SMILES string of the molecule is CN(C)Cc1cc(I)ccc1Oc1ccccc1[N+](=O)[O-]. The van der Waals surface area contributed by atoms with Crippen LogP contribution < -0.4 is 4.74 Å². The van der Waals surface area contributed by atoms with Crippen molar-refractivity contribution in [1.82, 2.24) is 4.90 Å². The Hall–Kier alpha value is -1.67. The summed E-state index contributed by atoms with van der Waals surface area (Å²) in [4.78, 5) is 12.6. The van der Waals surface area contributed by atoms with Crippen molar-refractivity contribution < 1.29 is 9.66 Å². The molecule has 0 fully saturated rings. The summed E-state index contributed by atoms with van der Waals surface area (Å²) < 4.78 is 6.88. The predicted octanol–water partition coefficient (Wildman–Crippen LogP) is 4.05. The van der Waals surface area contributed by atoms with E-state index in [1.54, 1.807) is 18.2 Å². The lowest BCUT2D eigenvalue weighted by molar-refractivity contribution is -0.385. The zero-order chi connectivity index (χ0) is 15.4. The molecule has 0 atom stereocenters. The highest BCUT2D eigenvalue weighted by molar-refractivity contribution is 14.1. The molecular formula is C15H15IN2O3. The van der Waals surface area contributed by atoms with E-state index in [0.717, 1.165) is 9.13 Å². The molecule has 5 nitrogen and oxygen atoms in total. The lowest BCUT2D eigenvalue weighted by Gasteiger charge is -2.15. The van der Waals surface area contributed by atoms with Gasteiger partial charge < -0.3 is 9.64 Å². The standard InChI is InChI=1S/C15H15IN2O3/c1-17(2)10-11-9-12(16)7-8-14(11)21-15-6-4-3-5-13(15)18(19)20/h3-9H,10H2,1-2H3. The van der Waals surface area contributed by atoms with Crippen molar-refractivity contribution in [3.8, 4) is 11.5 Å². The number of halogens is 1. The average molecular weight is 398 g/mol. The molecule has 0 aliphatic rings. The number of hydrogen-bond acceptors (Lipinski definition) is 4. The molecular weight excluding hydrogens is 383 g/mol. The average Bonchev–Trinajstić information content (AvgIpc) is 2.41. The number of rotatable bonds is 5. The third kappa shape index (κ3) is 4.15. The minimum Gasteiger partial charge on any atom is -0.450 e. The van der Waals surface area contributed by atoms with Gasteiger partial charge in [-0.25, -0.2) is 0 Å². The van der Waals surface area contributed by atoms with Gasteiger partial charge in [-0.3, -0.25) is 10.1 Å². The first kappa shape index (κ1) is 15.7. The molecule has 2 aromatic carbocycles. The van der Waals surface area contributed by atoms with Gasteiger partial charge in [0.15, 0.2) is 0 Å². The zero-order valence-corrected chi connectivity index (χ0v) is 13.9. The molecule has 0 bridgehead atoms. The molecule has 0 aromatic heterocycles. The summed E-state index contributed by atoms with van der Waals surface area (Å²) in [7, 11) is 3.93. The molecule has 6 heteroatoms. The molecule has 110 valence electrons. The monoisotopic (exact) mass is 398 g/mol. The molecule has 0 aliphatic carbocycles. The van der Waals surface area contributed by atoms with Gasteiger partial charge in [0.05, 0.1) is 4.92 Å². The topological polar surface area (TPSA) is 55.6 Å². The van der Waals surface area contributed by atoms with Crippen LogP contribution in [0.3, 0.4) is 0 Å². The maximum Gasteiger partial charge on any atom is 0.311 e. The first-order valence-electron chi connectivity index (χ1n) is 6.32. The maximum atomic E-state index is 11.0. The number of benzene rings is 2. The third-order valence-electron chi connectivity index (χ3n) is 2.79. The van der Waals surface area contributed by atoms with Crippen LogP contribution in [0, 0.1) is 13.7 Å². The molecule has 0 N–H and O–H groups in total. The Labute approximate surface area is 136 Å². The molecule has 0 unspecified atom stereocenters. The highest BCUT2D eigenvalue weighted by Crippen LogP contribution is 2.33. The lowest BCUT2D eigenvalue weighted by Crippen LogP contribution is -2.11. The molecule has 0 spiro atoms. The van der Waals surface area contributed by atoms with Crippen molar-refractivity contribution in [3.63, 3.8) is 0 Å². The number of nitro benzene ring substituents is 1. The van der Waals surface area contributed by atoms with Gasteiger partial charge in [0, 0.05) is 21.7 Å². The van der Waals surface area contributed by atoms with Crippen LogP contribution in [-0.4, -0.2) is 23.9 Å². The van der Waals surface area contributed by atoms with Crippen LogP contribution in [0.1, 0.15) is 5.56 Å². The second kappa shape index (κ2) is 6.86. The van der Waals surface area contributed by atoms with E-state index in [1.807, 2.05) is 37.2 Å². The Kier molecular flexibility index (Phi) is 5.13. The summed E-state index contributed by atoms with van der Waals surface area (Å²) in [6.45, 7) is 0.701. The molecule has 0 radical (unpaired) electrons. The molecule has 0 saturated heterocycles. The lowest BCUT2D eigenvalue weighted by atomic mass is 10.2. The van der Waals surface area contributed by atoms with Crippen LogP contribution in [0.25, 0.3) is 0 Å². The van der Waals surface area contributed by atoms with Crippen LogP contribution in [0.2, 0.25) is 0 Å². The fraction of sp³-hybridized carbons (Fsp3) is 0.200. The predicted molar refractivity (Wildman–Crippen MR) is 89.7 cm³/mol. The molecule has 0 aliphatic heterocycles. The van der Waals surface area contributed by atoms with Crippen LogP contribution in [-0.2, 0) is 6.54 Å². The minimum absolute atomic E-state index is 0.0353. The van der Waals surface area contributed by atoms with Crippen molar-refractivity contribution in [2.75, 3.05) is 14.1 Å². The third-order valence-corrected chi connectivity index (χ3v) is 3.46. The molecule has 2 rings (SSSR count). The fourth-order valence-corrected chi connectivity index (χ4v) is 2.48. The van der Waals surface area contributed by atoms with Gasteiger partial charge in [-0.1, -0.05) is 12.1 Å². The summed E-state index contributed by atoms with van der Waals surface area (Å²) in [5.74, 6) is 0.891. The largest absolute Gasteiger partial charge is 0.450 e. The van der Waals surface area contributed by atoms with E-state index in [-0.39, 0.29) is 11.4 Å². The van der Waals surface area contributed by atoms with Crippen molar-refractivity contribution in [1.29, 1.82) is 0 Å². The maximum absolute atomic E-state index is 11.0. The smallest absolute Gasteiger partial charge is 0.311 e. The Morgan fingerprint density at radius 3 is 2.57 bits per heavy atom. The van der Waals surface area contributed by atoms with E-state index in [4.69, 9.17) is 4.74 Å². The Bertz CT molecular complexity index is 659. The van der Waals surface area contributed by atoms with Crippen molar-refractivity contribution in [2.45, 2.75) is 6.54 Å². The number of nitrogens with zero attached hydrogens (tertiary/aromatic N) is 2. The van der Waals surface area contributed by atoms with Crippen molar-refractivity contribution in [2.24, 2.45) is 0 Å². The number of hydrogen-bond donors (Lipinski definition) is 0. The molecule has 0 saturated carbocycles. The van der Waals surface area contributed by atoms with Gasteiger partial charge in [0.1, 0.15) is 5.75 Å². The van der Waals surface area contributed by atoms with E-state index in [2.05, 4.69) is 22.6 Å².